The lowest BCUT2D eigenvalue weighted by Gasteiger charge is -2.20. The predicted octanol–water partition coefficient (Wildman–Crippen LogP) is 0.296. The first-order valence-electron chi connectivity index (χ1n) is 8.68. The summed E-state index contributed by atoms with van der Waals surface area (Å²) in [6, 6.07) is 5.14. The van der Waals surface area contributed by atoms with E-state index in [-0.39, 0.29) is 17.7 Å². The first-order valence-corrected chi connectivity index (χ1v) is 10.7. The molecule has 1 rings (SSSR count). The van der Waals surface area contributed by atoms with Gasteiger partial charge >= 0.3 is 5.97 Å². The molecule has 0 spiro atoms. The molecule has 2 amide bonds. The van der Waals surface area contributed by atoms with E-state index in [1.165, 1.54) is 20.1 Å². The Balaban J connectivity index is 2.96. The van der Waals surface area contributed by atoms with Crippen molar-refractivity contribution in [3.63, 3.8) is 0 Å². The topological polar surface area (TPSA) is 128 Å². The highest BCUT2D eigenvalue weighted by atomic mass is 32.2. The van der Waals surface area contributed by atoms with Gasteiger partial charge in [-0.05, 0) is 32.4 Å². The summed E-state index contributed by atoms with van der Waals surface area (Å²) in [6.45, 7) is 3.47. The van der Waals surface area contributed by atoms with Gasteiger partial charge in [0.25, 0.3) is 11.8 Å². The molecule has 2 atom stereocenters. The van der Waals surface area contributed by atoms with Gasteiger partial charge in [0.1, 0.15) is 21.6 Å². The number of hydrogen-bond acceptors (Lipinski definition) is 7. The number of nitrogens with one attached hydrogen (secondary N) is 2. The summed E-state index contributed by atoms with van der Waals surface area (Å²) in [6.07, 6.45) is -0.258. The highest BCUT2D eigenvalue weighted by molar-refractivity contribution is 7.90. The zero-order valence-corrected chi connectivity index (χ0v) is 17.2. The minimum Gasteiger partial charge on any atom is -0.496 e. The number of sulfone groups is 1. The molecular formula is C18H26N2O7S. The van der Waals surface area contributed by atoms with Crippen LogP contribution in [0.5, 0.6) is 5.75 Å². The molecule has 1 aromatic carbocycles. The van der Waals surface area contributed by atoms with Crippen LogP contribution in [0.1, 0.15) is 30.6 Å². The predicted molar refractivity (Wildman–Crippen MR) is 103 cm³/mol. The van der Waals surface area contributed by atoms with E-state index >= 15 is 0 Å². The Hall–Kier alpha value is -2.62. The standard InChI is InChI=1S/C18H26N2O7S/c1-5-19-16(21)12(2)27-18(23)14(10-11-28(4,24)25)20-17(22)13-8-6-7-9-15(13)26-3/h6-9,12,14H,5,10-11H2,1-4H3,(H,19,21)(H,20,22)/t12-,14-/m1/s1. The Morgan fingerprint density at radius 1 is 1.18 bits per heavy atom. The lowest BCUT2D eigenvalue weighted by Crippen LogP contribution is -2.46. The lowest BCUT2D eigenvalue weighted by atomic mass is 10.1. The largest absolute Gasteiger partial charge is 0.496 e. The second-order valence-electron chi connectivity index (χ2n) is 6.12. The smallest absolute Gasteiger partial charge is 0.329 e. The molecule has 0 aliphatic carbocycles. The van der Waals surface area contributed by atoms with Crippen LogP contribution < -0.4 is 15.4 Å². The van der Waals surface area contributed by atoms with Crippen molar-refractivity contribution in [2.24, 2.45) is 0 Å². The molecule has 0 unspecified atom stereocenters. The van der Waals surface area contributed by atoms with E-state index in [2.05, 4.69) is 10.6 Å². The second kappa shape index (κ2) is 10.6. The number of carbonyl (C=O) groups excluding carboxylic acids is 3. The number of methoxy groups -OCH3 is 1. The van der Waals surface area contributed by atoms with Crippen molar-refractivity contribution in [2.75, 3.05) is 25.7 Å². The number of hydrogen-bond donors (Lipinski definition) is 2. The molecule has 9 nitrogen and oxygen atoms in total. The minimum atomic E-state index is -3.38. The average molecular weight is 414 g/mol. The normalized spacial score (nSPS) is 13.1. The number of likely N-dealkylation sites (N-methyl/N-ethyl adjacent to an activating group) is 1. The second-order valence-corrected chi connectivity index (χ2v) is 8.38. The fourth-order valence-electron chi connectivity index (χ4n) is 2.28. The average Bonchev–Trinajstić information content (AvgIpc) is 2.64. The van der Waals surface area contributed by atoms with Crippen LogP contribution in [-0.2, 0) is 24.2 Å². The molecule has 0 aliphatic rings. The molecule has 0 saturated heterocycles. The van der Waals surface area contributed by atoms with Gasteiger partial charge in [-0.1, -0.05) is 12.1 Å². The molecule has 156 valence electrons. The van der Waals surface area contributed by atoms with Crippen molar-refractivity contribution in [3.8, 4) is 5.75 Å². The third-order valence-corrected chi connectivity index (χ3v) is 4.71. The summed E-state index contributed by atoms with van der Waals surface area (Å²) in [5, 5.41) is 4.98. The van der Waals surface area contributed by atoms with Crippen molar-refractivity contribution < 1.29 is 32.3 Å². The van der Waals surface area contributed by atoms with Gasteiger partial charge in [0.2, 0.25) is 0 Å². The van der Waals surface area contributed by atoms with Crippen LogP contribution in [0.15, 0.2) is 24.3 Å². The highest BCUT2D eigenvalue weighted by Gasteiger charge is 2.28. The quantitative estimate of drug-likeness (QED) is 0.527. The SMILES string of the molecule is CCNC(=O)[C@@H](C)OC(=O)[C@@H](CCS(C)(=O)=O)NC(=O)c1ccccc1OC. The molecule has 0 saturated carbocycles. The summed E-state index contributed by atoms with van der Waals surface area (Å²) in [5.74, 6) is -2.06. The number of ether oxygens (including phenoxy) is 2. The van der Waals surface area contributed by atoms with Crippen molar-refractivity contribution >= 4 is 27.6 Å². The number of benzene rings is 1. The highest BCUT2D eigenvalue weighted by Crippen LogP contribution is 2.17. The molecule has 0 aliphatic heterocycles. The third-order valence-electron chi connectivity index (χ3n) is 3.73. The first-order chi connectivity index (χ1) is 13.1. The lowest BCUT2D eigenvalue weighted by molar-refractivity contribution is -0.156. The molecule has 0 radical (unpaired) electrons. The van der Waals surface area contributed by atoms with Crippen LogP contribution in [0.4, 0.5) is 0 Å². The fraction of sp³-hybridized carbons (Fsp3) is 0.500. The van der Waals surface area contributed by atoms with Crippen LogP contribution in [0.3, 0.4) is 0 Å². The van der Waals surface area contributed by atoms with Crippen LogP contribution in [0.2, 0.25) is 0 Å². The van der Waals surface area contributed by atoms with Crippen LogP contribution >= 0.6 is 0 Å². The summed E-state index contributed by atoms with van der Waals surface area (Å²) in [4.78, 5) is 36.8. The van der Waals surface area contributed by atoms with Gasteiger partial charge in [-0.3, -0.25) is 9.59 Å². The minimum absolute atomic E-state index is 0.180. The number of carbonyl (C=O) groups is 3. The van der Waals surface area contributed by atoms with Crippen LogP contribution in [0.25, 0.3) is 0 Å². The number of para-hydroxylation sites is 1. The Labute approximate surface area is 164 Å². The molecule has 1 aromatic rings. The van der Waals surface area contributed by atoms with Crippen molar-refractivity contribution in [3.05, 3.63) is 29.8 Å². The van der Waals surface area contributed by atoms with Gasteiger partial charge in [-0.2, -0.15) is 0 Å². The van der Waals surface area contributed by atoms with Gasteiger partial charge in [0.05, 0.1) is 18.4 Å². The monoisotopic (exact) mass is 414 g/mol. The molecule has 2 N–H and O–H groups in total. The Morgan fingerprint density at radius 3 is 2.39 bits per heavy atom. The van der Waals surface area contributed by atoms with E-state index in [1.54, 1.807) is 25.1 Å². The number of rotatable bonds is 10. The molecule has 28 heavy (non-hydrogen) atoms. The fourth-order valence-corrected chi connectivity index (χ4v) is 2.94. The maximum Gasteiger partial charge on any atom is 0.329 e. The Kier molecular flexibility index (Phi) is 8.90. The third kappa shape index (κ3) is 7.55. The van der Waals surface area contributed by atoms with Crippen molar-refractivity contribution in [1.82, 2.24) is 10.6 Å². The molecule has 0 heterocycles. The molecule has 10 heteroatoms. The maximum atomic E-state index is 12.6. The van der Waals surface area contributed by atoms with Crippen molar-refractivity contribution in [2.45, 2.75) is 32.4 Å². The number of esters is 1. The van der Waals surface area contributed by atoms with Crippen LogP contribution in [0, 0.1) is 0 Å². The van der Waals surface area contributed by atoms with E-state index in [0.29, 0.717) is 12.3 Å². The van der Waals surface area contributed by atoms with E-state index in [9.17, 15) is 22.8 Å². The zero-order chi connectivity index (χ0) is 21.3. The molecule has 0 aromatic heterocycles. The summed E-state index contributed by atoms with van der Waals surface area (Å²) in [5.41, 5.74) is 0.180. The summed E-state index contributed by atoms with van der Waals surface area (Å²) < 4.78 is 33.2. The van der Waals surface area contributed by atoms with E-state index in [0.717, 1.165) is 6.26 Å². The van der Waals surface area contributed by atoms with E-state index in [1.807, 2.05) is 0 Å². The molecule has 0 bridgehead atoms. The summed E-state index contributed by atoms with van der Waals surface area (Å²) in [7, 11) is -1.98. The Bertz CT molecular complexity index is 808. The first kappa shape index (κ1) is 23.4. The Morgan fingerprint density at radius 2 is 1.82 bits per heavy atom. The summed E-state index contributed by atoms with van der Waals surface area (Å²) >= 11 is 0. The van der Waals surface area contributed by atoms with Gasteiger partial charge in [0, 0.05) is 12.8 Å². The van der Waals surface area contributed by atoms with Gasteiger partial charge in [-0.25, -0.2) is 13.2 Å². The van der Waals surface area contributed by atoms with Gasteiger partial charge < -0.3 is 20.1 Å². The van der Waals surface area contributed by atoms with Crippen LogP contribution in [-0.4, -0.2) is 64.0 Å². The zero-order valence-electron chi connectivity index (χ0n) is 16.4. The number of amides is 2. The molecule has 0 fully saturated rings. The van der Waals surface area contributed by atoms with E-state index in [4.69, 9.17) is 9.47 Å². The van der Waals surface area contributed by atoms with E-state index < -0.39 is 39.8 Å². The van der Waals surface area contributed by atoms with Crippen molar-refractivity contribution in [1.29, 1.82) is 0 Å². The van der Waals surface area contributed by atoms with Gasteiger partial charge in [-0.15, -0.1) is 0 Å². The van der Waals surface area contributed by atoms with Gasteiger partial charge in [0.15, 0.2) is 6.10 Å². The molecular weight excluding hydrogens is 388 g/mol. The maximum absolute atomic E-state index is 12.6.